The highest BCUT2D eigenvalue weighted by Crippen LogP contribution is 2.48. The molecule has 2 aromatic carbocycles. The fourth-order valence-corrected chi connectivity index (χ4v) is 7.85. The van der Waals surface area contributed by atoms with E-state index in [0.717, 1.165) is 41.5 Å². The third-order valence-corrected chi connectivity index (χ3v) is 10.3. The number of hydrogen-bond acceptors (Lipinski definition) is 6. The van der Waals surface area contributed by atoms with E-state index in [2.05, 4.69) is 35.5 Å². The summed E-state index contributed by atoms with van der Waals surface area (Å²) in [6, 6.07) is 15.3. The summed E-state index contributed by atoms with van der Waals surface area (Å²) >= 11 is 0. The number of benzene rings is 2. The predicted octanol–water partition coefficient (Wildman–Crippen LogP) is 6.74. The maximum absolute atomic E-state index is 13.7. The summed E-state index contributed by atoms with van der Waals surface area (Å²) in [6.45, 7) is 13.0. The van der Waals surface area contributed by atoms with E-state index in [1.165, 1.54) is 0 Å². The second-order valence-corrected chi connectivity index (χ2v) is 15.1. The van der Waals surface area contributed by atoms with Gasteiger partial charge >= 0.3 is 0 Å². The van der Waals surface area contributed by atoms with Crippen LogP contribution in [0.2, 0.25) is 0 Å². The van der Waals surface area contributed by atoms with Crippen molar-refractivity contribution in [3.8, 4) is 17.1 Å². The Morgan fingerprint density at radius 2 is 1.72 bits per heavy atom. The van der Waals surface area contributed by atoms with Gasteiger partial charge in [0.25, 0.3) is 10.0 Å². The number of carbonyl (C=O) groups excluding carboxylic acids is 1. The van der Waals surface area contributed by atoms with Gasteiger partial charge in [-0.2, -0.15) is 4.98 Å². The first-order valence-electron chi connectivity index (χ1n) is 15.2. The maximum Gasteiger partial charge on any atom is 0.264 e. The molecule has 2 atom stereocenters. The molecule has 2 heterocycles. The molecule has 1 unspecified atom stereocenters. The Morgan fingerprint density at radius 1 is 1.05 bits per heavy atom. The van der Waals surface area contributed by atoms with Crippen LogP contribution in [-0.2, 0) is 14.8 Å². The summed E-state index contributed by atoms with van der Waals surface area (Å²) in [5.41, 5.74) is 4.59. The number of nitrogens with zero attached hydrogens (tertiary/aromatic N) is 3. The van der Waals surface area contributed by atoms with Crippen molar-refractivity contribution in [3.05, 3.63) is 65.2 Å². The lowest BCUT2D eigenvalue weighted by atomic mass is 9.63. The molecule has 4 bridgehead atoms. The van der Waals surface area contributed by atoms with Crippen molar-refractivity contribution in [3.63, 3.8) is 0 Å². The molecule has 1 aliphatic heterocycles. The van der Waals surface area contributed by atoms with E-state index in [-0.39, 0.29) is 46.0 Å². The molecular formula is C34H44N4O4S. The Morgan fingerprint density at radius 3 is 2.37 bits per heavy atom. The van der Waals surface area contributed by atoms with Gasteiger partial charge in [-0.15, -0.1) is 0 Å². The molecule has 1 aliphatic carbocycles. The van der Waals surface area contributed by atoms with Crippen LogP contribution in [0.3, 0.4) is 0 Å². The van der Waals surface area contributed by atoms with Crippen molar-refractivity contribution < 1.29 is 17.9 Å². The molecule has 1 amide bonds. The summed E-state index contributed by atoms with van der Waals surface area (Å²) in [6.07, 6.45) is 3.10. The first kappa shape index (κ1) is 31.0. The van der Waals surface area contributed by atoms with Gasteiger partial charge < -0.3 is 9.64 Å². The lowest BCUT2D eigenvalue weighted by molar-refractivity contribution is -0.134. The monoisotopic (exact) mass is 604 g/mol. The SMILES string of the molecule is CCC(=O)N(C)[C@H]1C[C@@H](C2c3cccc(c3)S(=O)(=O)Nc3nc(cc(-c4c(C)cccc4C)n3)OC[C@H]2CC(C)(C)C)C1. The number of rotatable bonds is 5. The Kier molecular flexibility index (Phi) is 8.58. The minimum atomic E-state index is -3.98. The summed E-state index contributed by atoms with van der Waals surface area (Å²) in [5, 5.41) is 0. The molecule has 5 rings (SSSR count). The smallest absolute Gasteiger partial charge is 0.264 e. The van der Waals surface area contributed by atoms with Gasteiger partial charge in [0.05, 0.1) is 17.2 Å². The van der Waals surface area contributed by atoms with Gasteiger partial charge in [-0.3, -0.25) is 4.79 Å². The fourth-order valence-electron chi connectivity index (χ4n) is 6.85. The molecule has 8 nitrogen and oxygen atoms in total. The highest BCUT2D eigenvalue weighted by atomic mass is 32.2. The number of aromatic nitrogens is 2. The number of nitrogens with one attached hydrogen (secondary N) is 1. The van der Waals surface area contributed by atoms with Gasteiger partial charge in [0.15, 0.2) is 0 Å². The Labute approximate surface area is 256 Å². The van der Waals surface area contributed by atoms with Gasteiger partial charge in [0.2, 0.25) is 17.7 Å². The number of carbonyl (C=O) groups is 1. The zero-order chi connectivity index (χ0) is 31.1. The van der Waals surface area contributed by atoms with Gasteiger partial charge in [-0.25, -0.2) is 18.1 Å². The van der Waals surface area contributed by atoms with Gasteiger partial charge in [0, 0.05) is 37.1 Å². The zero-order valence-electron chi connectivity index (χ0n) is 26.3. The number of amides is 1. The van der Waals surface area contributed by atoms with Gasteiger partial charge in [0.1, 0.15) is 0 Å². The maximum atomic E-state index is 13.7. The number of fused-ring (bicyclic) bond motifs is 4. The molecular weight excluding hydrogens is 560 g/mol. The van der Waals surface area contributed by atoms with E-state index in [1.54, 1.807) is 12.1 Å². The zero-order valence-corrected chi connectivity index (χ0v) is 27.2. The van der Waals surface area contributed by atoms with Crippen LogP contribution in [-0.4, -0.2) is 48.9 Å². The second-order valence-electron chi connectivity index (χ2n) is 13.5. The molecule has 1 fully saturated rings. The molecule has 0 spiro atoms. The van der Waals surface area contributed by atoms with Gasteiger partial charge in [-0.05, 0) is 79.2 Å². The van der Waals surface area contributed by atoms with E-state index in [9.17, 15) is 13.2 Å². The molecule has 1 saturated carbocycles. The number of aryl methyl sites for hydroxylation is 2. The molecule has 0 radical (unpaired) electrons. The van der Waals surface area contributed by atoms with E-state index in [4.69, 9.17) is 4.74 Å². The molecule has 230 valence electrons. The molecule has 3 aromatic rings. The third kappa shape index (κ3) is 6.71. The predicted molar refractivity (Wildman–Crippen MR) is 170 cm³/mol. The van der Waals surface area contributed by atoms with Crippen LogP contribution in [0.5, 0.6) is 5.88 Å². The summed E-state index contributed by atoms with van der Waals surface area (Å²) in [5.74, 6) is 0.894. The Hall–Kier alpha value is -3.46. The number of anilines is 1. The molecule has 43 heavy (non-hydrogen) atoms. The van der Waals surface area contributed by atoms with Crippen LogP contribution in [0.4, 0.5) is 5.95 Å². The Bertz CT molecular complexity index is 1590. The normalized spacial score (nSPS) is 23.0. The molecule has 0 saturated heterocycles. The quantitative estimate of drug-likeness (QED) is 0.346. The van der Waals surface area contributed by atoms with Crippen molar-refractivity contribution >= 4 is 21.9 Å². The molecule has 2 aliphatic rings. The first-order valence-corrected chi connectivity index (χ1v) is 16.7. The topological polar surface area (TPSA) is 101 Å². The average Bonchev–Trinajstić information content (AvgIpc) is 2.90. The largest absolute Gasteiger partial charge is 0.477 e. The van der Waals surface area contributed by atoms with Crippen LogP contribution < -0.4 is 9.46 Å². The Balaban J connectivity index is 1.60. The number of sulfonamides is 1. The van der Waals surface area contributed by atoms with Gasteiger partial charge in [-0.1, -0.05) is 58.0 Å². The van der Waals surface area contributed by atoms with Crippen LogP contribution in [0.25, 0.3) is 11.3 Å². The molecule has 1 N–H and O–H groups in total. The standard InChI is InChI=1S/C34H44N4O4S/c1-8-30(39)38(7)26-15-24(16-26)32-23-13-10-14-27(17-23)43(40,41)37-33-35-28(31-21(2)11-9-12-22(31)3)18-29(36-33)42-20-25(32)19-34(4,5)6/h9-14,17-18,24-26,32H,8,15-16,19-20H2,1-7H3,(H,35,36,37)/t24-,25-,26+,32?/m1/s1. The third-order valence-electron chi connectivity index (χ3n) is 8.95. The van der Waals surface area contributed by atoms with Crippen molar-refractivity contribution in [2.45, 2.75) is 84.1 Å². The van der Waals surface area contributed by atoms with Crippen molar-refractivity contribution in [2.75, 3.05) is 18.4 Å². The summed E-state index contributed by atoms with van der Waals surface area (Å²) in [7, 11) is -2.09. The van der Waals surface area contributed by atoms with E-state index >= 15 is 0 Å². The minimum absolute atomic E-state index is 0.00690. The average molecular weight is 605 g/mol. The van der Waals surface area contributed by atoms with Crippen molar-refractivity contribution in [2.24, 2.45) is 17.3 Å². The fraction of sp³-hybridized carbons (Fsp3) is 0.500. The number of hydrogen-bond donors (Lipinski definition) is 1. The number of ether oxygens (including phenoxy) is 1. The first-order chi connectivity index (χ1) is 20.3. The van der Waals surface area contributed by atoms with E-state index < -0.39 is 10.0 Å². The highest BCUT2D eigenvalue weighted by molar-refractivity contribution is 7.92. The highest BCUT2D eigenvalue weighted by Gasteiger charge is 2.43. The van der Waals surface area contributed by atoms with Crippen LogP contribution in [0.1, 0.15) is 76.0 Å². The summed E-state index contributed by atoms with van der Waals surface area (Å²) < 4.78 is 36.5. The summed E-state index contributed by atoms with van der Waals surface area (Å²) in [4.78, 5) is 23.6. The van der Waals surface area contributed by atoms with Crippen molar-refractivity contribution in [1.82, 2.24) is 14.9 Å². The van der Waals surface area contributed by atoms with Crippen molar-refractivity contribution in [1.29, 1.82) is 0 Å². The molecule has 1 aromatic heterocycles. The molecule has 9 heteroatoms. The second kappa shape index (κ2) is 11.9. The van der Waals surface area contributed by atoms with E-state index in [1.807, 2.05) is 69.1 Å². The van der Waals surface area contributed by atoms with E-state index in [0.29, 0.717) is 24.6 Å². The van der Waals surface area contributed by atoms with Crippen LogP contribution >= 0.6 is 0 Å². The minimum Gasteiger partial charge on any atom is -0.477 e. The van der Waals surface area contributed by atoms with Crippen LogP contribution in [0, 0.1) is 31.1 Å². The lowest BCUT2D eigenvalue weighted by Gasteiger charge is -2.48. The van der Waals surface area contributed by atoms with Crippen LogP contribution in [0.15, 0.2) is 53.4 Å². The lowest BCUT2D eigenvalue weighted by Crippen LogP contribution is -2.48.